The van der Waals surface area contributed by atoms with Gasteiger partial charge in [-0.25, -0.2) is 9.37 Å². The Morgan fingerprint density at radius 3 is 2.70 bits per heavy atom. The van der Waals surface area contributed by atoms with Gasteiger partial charge >= 0.3 is 0 Å². The fourth-order valence-electron chi connectivity index (χ4n) is 3.87. The van der Waals surface area contributed by atoms with Crippen molar-refractivity contribution in [3.63, 3.8) is 0 Å². The summed E-state index contributed by atoms with van der Waals surface area (Å²) in [5.74, 6) is -0.492. The van der Waals surface area contributed by atoms with Gasteiger partial charge in [-0.1, -0.05) is 29.5 Å². The Kier molecular flexibility index (Phi) is 4.88. The summed E-state index contributed by atoms with van der Waals surface area (Å²) >= 11 is 1.42. The Hall–Kier alpha value is -3.33. The highest BCUT2D eigenvalue weighted by Gasteiger charge is 2.30. The molecule has 0 unspecified atom stereocenters. The predicted molar refractivity (Wildman–Crippen MR) is 113 cm³/mol. The number of benzene rings is 2. The van der Waals surface area contributed by atoms with E-state index >= 15 is 0 Å². The molecule has 2 aromatic heterocycles. The van der Waals surface area contributed by atoms with Crippen molar-refractivity contribution in [3.8, 4) is 5.69 Å². The molecule has 2 aromatic carbocycles. The molecular formula is C21H19FN6OS. The van der Waals surface area contributed by atoms with E-state index in [1.54, 1.807) is 24.5 Å². The molecule has 2 heterocycles. The molecule has 1 fully saturated rings. The normalized spacial score (nSPS) is 18.6. The number of thiazole rings is 1. The molecular weight excluding hydrogens is 403 g/mol. The van der Waals surface area contributed by atoms with Gasteiger partial charge in [-0.2, -0.15) is 15.0 Å². The molecule has 152 valence electrons. The van der Waals surface area contributed by atoms with Crippen LogP contribution in [0.3, 0.4) is 0 Å². The maximum absolute atomic E-state index is 14.0. The standard InChI is InChI=1S/C21H19FN6OS/c22-14-6-3-10-18-19(14)27-21(30-18)26-16-8-4-7-15(16)25-20(29)13-5-1-2-9-17(13)28-23-11-12-24-28/h1-3,5-6,9-12,15-16H,4,7-8H2,(H,25,29)(H,26,27)/t15-,16-/m1/s1. The molecule has 5 rings (SSSR count). The quantitative estimate of drug-likeness (QED) is 0.511. The molecule has 4 aromatic rings. The molecule has 0 radical (unpaired) electrons. The zero-order chi connectivity index (χ0) is 20.5. The summed E-state index contributed by atoms with van der Waals surface area (Å²) < 4.78 is 14.8. The number of halogens is 1. The summed E-state index contributed by atoms with van der Waals surface area (Å²) in [7, 11) is 0. The molecule has 30 heavy (non-hydrogen) atoms. The number of anilines is 1. The monoisotopic (exact) mass is 422 g/mol. The van der Waals surface area contributed by atoms with E-state index in [9.17, 15) is 9.18 Å². The van der Waals surface area contributed by atoms with Crippen LogP contribution in [-0.2, 0) is 0 Å². The van der Waals surface area contributed by atoms with Crippen molar-refractivity contribution < 1.29 is 9.18 Å². The van der Waals surface area contributed by atoms with E-state index in [-0.39, 0.29) is 23.8 Å². The van der Waals surface area contributed by atoms with Crippen LogP contribution in [0.1, 0.15) is 29.6 Å². The number of fused-ring (bicyclic) bond motifs is 1. The lowest BCUT2D eigenvalue weighted by atomic mass is 10.1. The lowest BCUT2D eigenvalue weighted by molar-refractivity contribution is 0.0935. The van der Waals surface area contributed by atoms with Crippen LogP contribution in [0.4, 0.5) is 9.52 Å². The Morgan fingerprint density at radius 1 is 1.07 bits per heavy atom. The smallest absolute Gasteiger partial charge is 0.253 e. The summed E-state index contributed by atoms with van der Waals surface area (Å²) in [6.45, 7) is 0. The first-order valence-corrected chi connectivity index (χ1v) is 10.6. The van der Waals surface area contributed by atoms with Crippen LogP contribution in [0.25, 0.3) is 15.9 Å². The van der Waals surface area contributed by atoms with Gasteiger partial charge in [0.25, 0.3) is 5.91 Å². The van der Waals surface area contributed by atoms with Gasteiger partial charge in [0.1, 0.15) is 11.3 Å². The van der Waals surface area contributed by atoms with E-state index in [1.165, 1.54) is 22.2 Å². The van der Waals surface area contributed by atoms with Crippen LogP contribution >= 0.6 is 11.3 Å². The minimum atomic E-state index is -0.322. The summed E-state index contributed by atoms with van der Waals surface area (Å²) in [5.41, 5.74) is 1.52. The van der Waals surface area contributed by atoms with Crippen molar-refractivity contribution in [3.05, 3.63) is 66.2 Å². The van der Waals surface area contributed by atoms with Crippen LogP contribution in [0.15, 0.2) is 54.9 Å². The third kappa shape index (κ3) is 3.52. The SMILES string of the molecule is O=C(N[C@@H]1CCC[C@H]1Nc1nc2c(F)cccc2s1)c1ccccc1-n1nccn1. The fourth-order valence-corrected chi connectivity index (χ4v) is 4.81. The maximum Gasteiger partial charge on any atom is 0.253 e. The fraction of sp³-hybridized carbons (Fsp3) is 0.238. The summed E-state index contributed by atoms with van der Waals surface area (Å²) in [6.07, 6.45) is 5.92. The first-order chi connectivity index (χ1) is 14.7. The van der Waals surface area contributed by atoms with E-state index in [0.717, 1.165) is 24.0 Å². The zero-order valence-electron chi connectivity index (χ0n) is 16.0. The highest BCUT2D eigenvalue weighted by Crippen LogP contribution is 2.30. The highest BCUT2D eigenvalue weighted by atomic mass is 32.1. The molecule has 1 amide bonds. The number of carbonyl (C=O) groups excluding carboxylic acids is 1. The molecule has 0 bridgehead atoms. The molecule has 0 spiro atoms. The second-order valence-corrected chi connectivity index (χ2v) is 8.23. The molecule has 2 atom stereocenters. The van der Waals surface area contributed by atoms with Crippen molar-refractivity contribution >= 4 is 32.6 Å². The van der Waals surface area contributed by atoms with Gasteiger partial charge in [-0.3, -0.25) is 4.79 Å². The van der Waals surface area contributed by atoms with Crippen LogP contribution in [0.5, 0.6) is 0 Å². The van der Waals surface area contributed by atoms with Gasteiger partial charge in [0, 0.05) is 12.1 Å². The van der Waals surface area contributed by atoms with E-state index in [4.69, 9.17) is 0 Å². The van der Waals surface area contributed by atoms with Gasteiger partial charge in [0.15, 0.2) is 5.13 Å². The van der Waals surface area contributed by atoms with Crippen LogP contribution in [-0.4, -0.2) is 38.0 Å². The number of hydrogen-bond acceptors (Lipinski definition) is 6. The van der Waals surface area contributed by atoms with Crippen molar-refractivity contribution in [2.75, 3.05) is 5.32 Å². The summed E-state index contributed by atoms with van der Waals surface area (Å²) in [5, 5.41) is 15.5. The molecule has 7 nitrogen and oxygen atoms in total. The second-order valence-electron chi connectivity index (χ2n) is 7.20. The lowest BCUT2D eigenvalue weighted by Gasteiger charge is -2.22. The Labute approximate surface area is 175 Å². The minimum absolute atomic E-state index is 0.0348. The van der Waals surface area contributed by atoms with Crippen molar-refractivity contribution in [2.45, 2.75) is 31.3 Å². The number of para-hydroxylation sites is 2. The second kappa shape index (κ2) is 7.83. The Balaban J connectivity index is 1.33. The average Bonchev–Trinajstić information content (AvgIpc) is 3.50. The zero-order valence-corrected chi connectivity index (χ0v) is 16.8. The molecule has 9 heteroatoms. The van der Waals surface area contributed by atoms with E-state index in [2.05, 4.69) is 25.8 Å². The molecule has 1 aliphatic rings. The molecule has 2 N–H and O–H groups in total. The Bertz CT molecular complexity index is 1190. The third-order valence-corrected chi connectivity index (χ3v) is 6.25. The minimum Gasteiger partial charge on any atom is -0.357 e. The van der Waals surface area contributed by atoms with Crippen LogP contribution in [0.2, 0.25) is 0 Å². The first kappa shape index (κ1) is 18.7. The van der Waals surface area contributed by atoms with Gasteiger partial charge in [0.2, 0.25) is 0 Å². The van der Waals surface area contributed by atoms with Crippen LogP contribution < -0.4 is 10.6 Å². The number of carbonyl (C=O) groups is 1. The third-order valence-electron chi connectivity index (χ3n) is 5.29. The van der Waals surface area contributed by atoms with Gasteiger partial charge in [-0.05, 0) is 43.5 Å². The van der Waals surface area contributed by atoms with E-state index in [1.807, 2.05) is 24.3 Å². The number of aromatic nitrogens is 4. The maximum atomic E-state index is 14.0. The van der Waals surface area contributed by atoms with E-state index in [0.29, 0.717) is 21.9 Å². The van der Waals surface area contributed by atoms with Crippen molar-refractivity contribution in [1.82, 2.24) is 25.3 Å². The first-order valence-electron chi connectivity index (χ1n) is 9.77. The van der Waals surface area contributed by atoms with Gasteiger partial charge in [0.05, 0.1) is 28.3 Å². The number of nitrogens with zero attached hydrogens (tertiary/aromatic N) is 4. The lowest BCUT2D eigenvalue weighted by Crippen LogP contribution is -2.43. The molecule has 0 aliphatic heterocycles. The topological polar surface area (TPSA) is 84.7 Å². The number of hydrogen-bond donors (Lipinski definition) is 2. The van der Waals surface area contributed by atoms with Crippen LogP contribution in [0, 0.1) is 5.82 Å². The Morgan fingerprint density at radius 2 is 1.87 bits per heavy atom. The van der Waals surface area contributed by atoms with Gasteiger partial charge < -0.3 is 10.6 Å². The van der Waals surface area contributed by atoms with Crippen molar-refractivity contribution in [1.29, 1.82) is 0 Å². The summed E-state index contributed by atoms with van der Waals surface area (Å²) in [6, 6.07) is 12.2. The molecule has 1 aliphatic carbocycles. The molecule has 1 saturated carbocycles. The number of nitrogens with one attached hydrogen (secondary N) is 2. The van der Waals surface area contributed by atoms with Gasteiger partial charge in [-0.15, -0.1) is 0 Å². The predicted octanol–water partition coefficient (Wildman–Crippen LogP) is 3.78. The largest absolute Gasteiger partial charge is 0.357 e. The molecule has 0 saturated heterocycles. The van der Waals surface area contributed by atoms with E-state index < -0.39 is 0 Å². The summed E-state index contributed by atoms with van der Waals surface area (Å²) in [4.78, 5) is 18.9. The van der Waals surface area contributed by atoms with Crippen molar-refractivity contribution in [2.24, 2.45) is 0 Å². The number of rotatable bonds is 5. The average molecular weight is 422 g/mol. The highest BCUT2D eigenvalue weighted by molar-refractivity contribution is 7.22. The number of amides is 1.